The monoisotopic (exact) mass is 250 g/mol. The van der Waals surface area contributed by atoms with Gasteiger partial charge in [-0.1, -0.05) is 0 Å². The van der Waals surface area contributed by atoms with E-state index in [-0.39, 0.29) is 17.2 Å². The van der Waals surface area contributed by atoms with Crippen molar-refractivity contribution in [2.75, 3.05) is 13.1 Å². The van der Waals surface area contributed by atoms with Crippen LogP contribution in [0.1, 0.15) is 18.9 Å². The topological polar surface area (TPSA) is 83.3 Å². The minimum atomic E-state index is -0.117. The molecule has 0 bridgehead atoms. The van der Waals surface area contributed by atoms with Gasteiger partial charge in [0.15, 0.2) is 5.82 Å². The first-order valence-electron chi connectivity index (χ1n) is 6.01. The molecule has 18 heavy (non-hydrogen) atoms. The molecule has 0 aromatic heterocycles. The molecular weight excluding hydrogens is 232 g/mol. The molecule has 1 fully saturated rings. The van der Waals surface area contributed by atoms with Gasteiger partial charge < -0.3 is 15.4 Å². The molecule has 0 atom stereocenters. The van der Waals surface area contributed by atoms with Crippen LogP contribution in [-0.2, 0) is 7.05 Å². The first-order chi connectivity index (χ1) is 8.27. The zero-order valence-corrected chi connectivity index (χ0v) is 10.4. The van der Waals surface area contributed by atoms with E-state index in [0.29, 0.717) is 0 Å². The molecule has 0 aromatic carbocycles. The van der Waals surface area contributed by atoms with Gasteiger partial charge in [-0.2, -0.15) is 4.98 Å². The summed E-state index contributed by atoms with van der Waals surface area (Å²) in [6, 6.07) is 4.23. The molecule has 6 heteroatoms. The smallest absolute Gasteiger partial charge is 0.350 e. The molecule has 0 saturated carbocycles. The number of imidazole rings is 1. The number of aryl methyl sites for hydroxylation is 1. The highest BCUT2D eigenvalue weighted by molar-refractivity contribution is 5.52. The summed E-state index contributed by atoms with van der Waals surface area (Å²) in [4.78, 5) is 16.1. The van der Waals surface area contributed by atoms with Crippen LogP contribution in [-0.4, -0.2) is 32.7 Å². The van der Waals surface area contributed by atoms with Crippen LogP contribution in [0.15, 0.2) is 23.1 Å². The largest absolute Gasteiger partial charge is 0.412 e. The second-order valence-electron chi connectivity index (χ2n) is 4.57. The van der Waals surface area contributed by atoms with Gasteiger partial charge in [0.25, 0.3) is 0 Å². The Balaban J connectivity index is 0.00000120. The maximum atomic E-state index is 12.0. The lowest BCUT2D eigenvalue weighted by molar-refractivity contribution is 0.364. The van der Waals surface area contributed by atoms with Crippen molar-refractivity contribution in [3.8, 4) is 11.5 Å². The summed E-state index contributed by atoms with van der Waals surface area (Å²) < 4.78 is 3.75. The fourth-order valence-electron chi connectivity index (χ4n) is 2.58. The highest BCUT2D eigenvalue weighted by atomic mass is 16.1. The normalized spacial score (nSPS) is 16.7. The SMILES string of the molecule is Cn1cccc2n(C3CCNCC3)c(=O)nc1-2.O. The average Bonchev–Trinajstić information content (AvgIpc) is 2.68. The quantitative estimate of drug-likeness (QED) is 0.760. The maximum absolute atomic E-state index is 12.0. The minimum absolute atomic E-state index is 0. The van der Waals surface area contributed by atoms with Crippen LogP contribution in [0.4, 0.5) is 0 Å². The Morgan fingerprint density at radius 2 is 2.11 bits per heavy atom. The van der Waals surface area contributed by atoms with Crippen molar-refractivity contribution in [3.05, 3.63) is 28.8 Å². The second kappa shape index (κ2) is 4.91. The van der Waals surface area contributed by atoms with E-state index in [1.54, 1.807) is 0 Å². The molecular formula is C12H18N4O2. The molecule has 6 nitrogen and oxygen atoms in total. The zero-order chi connectivity index (χ0) is 11.8. The Hall–Kier alpha value is -1.66. The summed E-state index contributed by atoms with van der Waals surface area (Å²) in [5, 5.41) is 3.31. The Bertz CT molecular complexity index is 554. The number of fused-ring (bicyclic) bond motifs is 1. The molecule has 3 aliphatic heterocycles. The molecule has 0 aromatic rings. The van der Waals surface area contributed by atoms with E-state index in [4.69, 9.17) is 0 Å². The van der Waals surface area contributed by atoms with Gasteiger partial charge in [-0.05, 0) is 38.1 Å². The number of piperidine rings is 1. The van der Waals surface area contributed by atoms with E-state index in [1.165, 1.54) is 0 Å². The lowest BCUT2D eigenvalue weighted by Crippen LogP contribution is -2.33. The molecule has 0 amide bonds. The van der Waals surface area contributed by atoms with E-state index < -0.39 is 0 Å². The van der Waals surface area contributed by atoms with Crippen molar-refractivity contribution < 1.29 is 5.48 Å². The summed E-state index contributed by atoms with van der Waals surface area (Å²) in [5.74, 6) is 0.774. The van der Waals surface area contributed by atoms with E-state index in [1.807, 2.05) is 34.5 Å². The Kier molecular flexibility index (Phi) is 3.49. The van der Waals surface area contributed by atoms with Crippen molar-refractivity contribution in [3.63, 3.8) is 0 Å². The highest BCUT2D eigenvalue weighted by Gasteiger charge is 2.23. The summed E-state index contributed by atoms with van der Waals surface area (Å²) in [7, 11) is 1.92. The average molecular weight is 250 g/mol. The molecule has 3 aliphatic rings. The number of hydrogen-bond acceptors (Lipinski definition) is 3. The van der Waals surface area contributed by atoms with E-state index in [9.17, 15) is 4.79 Å². The standard InChI is InChI=1S/C12H16N4O.H2O/c1-15-8-2-3-10-11(15)14-12(17)16(10)9-4-6-13-7-5-9;/h2-3,8-9,13H,4-7H2,1H3;1H2. The number of nitrogens with one attached hydrogen (secondary N) is 1. The predicted octanol–water partition coefficient (Wildman–Crippen LogP) is -0.214. The van der Waals surface area contributed by atoms with Gasteiger partial charge in [0, 0.05) is 19.3 Å². The predicted molar refractivity (Wildman–Crippen MR) is 68.8 cm³/mol. The molecule has 3 heterocycles. The summed E-state index contributed by atoms with van der Waals surface area (Å²) >= 11 is 0. The fraction of sp³-hybridized carbons (Fsp3) is 0.500. The number of aromatic nitrogens is 3. The van der Waals surface area contributed by atoms with Crippen molar-refractivity contribution in [1.82, 2.24) is 19.4 Å². The Morgan fingerprint density at radius 3 is 2.83 bits per heavy atom. The van der Waals surface area contributed by atoms with E-state index >= 15 is 0 Å². The second-order valence-corrected chi connectivity index (χ2v) is 4.57. The molecule has 0 unspecified atom stereocenters. The number of hydrogen-bond donors (Lipinski definition) is 1. The number of pyridine rings is 1. The van der Waals surface area contributed by atoms with Gasteiger partial charge >= 0.3 is 5.69 Å². The van der Waals surface area contributed by atoms with Crippen LogP contribution >= 0.6 is 0 Å². The summed E-state index contributed by atoms with van der Waals surface area (Å²) in [5.41, 5.74) is 0.834. The van der Waals surface area contributed by atoms with Crippen molar-refractivity contribution in [1.29, 1.82) is 0 Å². The van der Waals surface area contributed by atoms with Gasteiger partial charge in [0.05, 0.1) is 5.69 Å². The van der Waals surface area contributed by atoms with Crippen molar-refractivity contribution >= 4 is 0 Å². The molecule has 98 valence electrons. The van der Waals surface area contributed by atoms with Crippen LogP contribution in [0.25, 0.3) is 11.5 Å². The molecule has 0 spiro atoms. The lowest BCUT2D eigenvalue weighted by Gasteiger charge is -2.24. The van der Waals surface area contributed by atoms with E-state index in [2.05, 4.69) is 10.3 Å². The first-order valence-corrected chi connectivity index (χ1v) is 6.01. The maximum Gasteiger partial charge on any atom is 0.350 e. The molecule has 0 aliphatic carbocycles. The third kappa shape index (κ3) is 1.93. The van der Waals surface area contributed by atoms with Crippen LogP contribution in [0.5, 0.6) is 0 Å². The van der Waals surface area contributed by atoms with Crippen molar-refractivity contribution in [2.24, 2.45) is 7.05 Å². The zero-order valence-electron chi connectivity index (χ0n) is 10.4. The van der Waals surface area contributed by atoms with Gasteiger partial charge in [-0.25, -0.2) is 4.79 Å². The van der Waals surface area contributed by atoms with Crippen LogP contribution in [0.3, 0.4) is 0 Å². The first kappa shape index (κ1) is 12.8. The lowest BCUT2D eigenvalue weighted by atomic mass is 10.1. The van der Waals surface area contributed by atoms with Gasteiger partial charge in [0.1, 0.15) is 0 Å². The molecule has 0 radical (unpaired) electrons. The fourth-order valence-corrected chi connectivity index (χ4v) is 2.58. The number of rotatable bonds is 1. The van der Waals surface area contributed by atoms with Crippen LogP contribution in [0.2, 0.25) is 0 Å². The van der Waals surface area contributed by atoms with Crippen LogP contribution < -0.4 is 11.0 Å². The minimum Gasteiger partial charge on any atom is -0.412 e. The molecule has 3 rings (SSSR count). The van der Waals surface area contributed by atoms with Gasteiger partial charge in [0.2, 0.25) is 0 Å². The third-order valence-electron chi connectivity index (χ3n) is 3.47. The number of nitrogens with zero attached hydrogens (tertiary/aromatic N) is 3. The third-order valence-corrected chi connectivity index (χ3v) is 3.47. The van der Waals surface area contributed by atoms with Gasteiger partial charge in [-0.3, -0.25) is 4.57 Å². The van der Waals surface area contributed by atoms with E-state index in [0.717, 1.165) is 37.4 Å². The Labute approximate surface area is 105 Å². The summed E-state index contributed by atoms with van der Waals surface area (Å²) in [6.45, 7) is 1.95. The molecule has 1 saturated heterocycles. The highest BCUT2D eigenvalue weighted by Crippen LogP contribution is 2.25. The summed E-state index contributed by atoms with van der Waals surface area (Å²) in [6.07, 6.45) is 3.92. The Morgan fingerprint density at radius 1 is 1.39 bits per heavy atom. The van der Waals surface area contributed by atoms with Gasteiger partial charge in [-0.15, -0.1) is 0 Å². The van der Waals surface area contributed by atoms with Crippen molar-refractivity contribution in [2.45, 2.75) is 18.9 Å². The molecule has 3 N–H and O–H groups in total. The van der Waals surface area contributed by atoms with Crippen LogP contribution in [0, 0.1) is 0 Å².